The van der Waals surface area contributed by atoms with E-state index in [4.69, 9.17) is 5.11 Å². The van der Waals surface area contributed by atoms with Gasteiger partial charge in [-0.1, -0.05) is 24.3 Å². The van der Waals surface area contributed by atoms with E-state index in [-0.39, 0.29) is 18.1 Å². The summed E-state index contributed by atoms with van der Waals surface area (Å²) in [5, 5.41) is 12.8. The van der Waals surface area contributed by atoms with Crippen molar-refractivity contribution in [1.82, 2.24) is 4.98 Å². The fraction of sp³-hybridized carbons (Fsp3) is 0.281. The number of nitrogens with zero attached hydrogens (tertiary/aromatic N) is 1. The van der Waals surface area contributed by atoms with E-state index in [0.29, 0.717) is 34.0 Å². The van der Waals surface area contributed by atoms with Crippen molar-refractivity contribution in [2.24, 2.45) is 0 Å². The second-order valence-electron chi connectivity index (χ2n) is 10.2. The van der Waals surface area contributed by atoms with Crippen LogP contribution in [0.1, 0.15) is 63.2 Å². The fourth-order valence-corrected chi connectivity index (χ4v) is 5.91. The predicted molar refractivity (Wildman–Crippen MR) is 162 cm³/mol. The summed E-state index contributed by atoms with van der Waals surface area (Å²) < 4.78 is 0. The number of hydrogen-bond donors (Lipinski definition) is 3. The van der Waals surface area contributed by atoms with Crippen molar-refractivity contribution < 1.29 is 19.5 Å². The number of H-pyrrole nitrogens is 1. The number of rotatable bonds is 10. The molecule has 1 amide bonds. The van der Waals surface area contributed by atoms with E-state index >= 15 is 0 Å². The summed E-state index contributed by atoms with van der Waals surface area (Å²) in [4.78, 5) is 43.6. The van der Waals surface area contributed by atoms with Crippen LogP contribution in [0, 0.1) is 6.92 Å². The van der Waals surface area contributed by atoms with E-state index in [0.717, 1.165) is 53.6 Å². The lowest BCUT2D eigenvalue weighted by atomic mass is 10.0. The Balaban J connectivity index is 1.41. The van der Waals surface area contributed by atoms with Crippen LogP contribution in [0.5, 0.6) is 0 Å². The van der Waals surface area contributed by atoms with Crippen molar-refractivity contribution in [2.45, 2.75) is 38.4 Å². The third-order valence-corrected chi connectivity index (χ3v) is 8.19. The smallest absolute Gasteiger partial charge is 0.304 e. The molecule has 7 nitrogen and oxygen atoms in total. The minimum atomic E-state index is -0.820. The number of carboxylic acid groups (broad SMARTS) is 1. The van der Waals surface area contributed by atoms with Crippen LogP contribution >= 0.6 is 11.8 Å². The first-order chi connectivity index (χ1) is 19.4. The summed E-state index contributed by atoms with van der Waals surface area (Å²) in [6.45, 7) is 3.91. The molecule has 4 aromatic rings. The van der Waals surface area contributed by atoms with Gasteiger partial charge in [0.25, 0.3) is 5.91 Å². The number of aryl methyl sites for hydroxylation is 1. The molecule has 2 heterocycles. The maximum atomic E-state index is 13.9. The number of carbonyl (C=O) groups excluding carboxylic acids is 2. The standard InChI is InChI=1S/C32H33N3O4S/c1-21-8-9-23-18-29(33-28(23)16-21)31(38)26-19-25(35-13-3-2-4-14-35)10-11-27(26)34-32(39)24-7-5-6-22(17-24)20-40-15-12-30(36)37/h5-11,16-19,33H,2-4,12-15,20H2,1H3,(H,34,39)(H,36,37). The zero-order valence-corrected chi connectivity index (χ0v) is 23.4. The number of carboxylic acids is 1. The third-order valence-electron chi connectivity index (χ3n) is 7.16. The van der Waals surface area contributed by atoms with Crippen molar-refractivity contribution in [3.8, 4) is 0 Å². The molecule has 1 aliphatic rings. The van der Waals surface area contributed by atoms with E-state index in [2.05, 4.69) is 15.2 Å². The number of hydrogen-bond acceptors (Lipinski definition) is 5. The van der Waals surface area contributed by atoms with Gasteiger partial charge >= 0.3 is 5.97 Å². The summed E-state index contributed by atoms with van der Waals surface area (Å²) in [6, 6.07) is 20.9. The molecule has 0 atom stereocenters. The van der Waals surface area contributed by atoms with Gasteiger partial charge in [-0.3, -0.25) is 14.4 Å². The molecule has 40 heavy (non-hydrogen) atoms. The van der Waals surface area contributed by atoms with E-state index in [1.165, 1.54) is 18.2 Å². The van der Waals surface area contributed by atoms with Crippen molar-refractivity contribution in [3.05, 3.63) is 94.7 Å². The monoisotopic (exact) mass is 555 g/mol. The van der Waals surface area contributed by atoms with Crippen LogP contribution < -0.4 is 10.2 Å². The summed E-state index contributed by atoms with van der Waals surface area (Å²) >= 11 is 1.52. The van der Waals surface area contributed by atoms with Crippen LogP contribution in [-0.4, -0.2) is 46.6 Å². The Morgan fingerprint density at radius 2 is 1.80 bits per heavy atom. The molecule has 1 aromatic heterocycles. The number of aromatic nitrogens is 1. The molecule has 0 unspecified atom stereocenters. The molecular formula is C32H33N3O4S. The van der Waals surface area contributed by atoms with Crippen molar-refractivity contribution in [2.75, 3.05) is 29.1 Å². The summed E-state index contributed by atoms with van der Waals surface area (Å²) in [6.07, 6.45) is 3.55. The van der Waals surface area contributed by atoms with Gasteiger partial charge in [0.2, 0.25) is 5.78 Å². The first kappa shape index (κ1) is 27.5. The van der Waals surface area contributed by atoms with Crippen LogP contribution in [0.3, 0.4) is 0 Å². The Bertz CT molecular complexity index is 1560. The van der Waals surface area contributed by atoms with Crippen molar-refractivity contribution in [3.63, 3.8) is 0 Å². The zero-order valence-electron chi connectivity index (χ0n) is 22.5. The number of anilines is 2. The van der Waals surface area contributed by atoms with Gasteiger partial charge < -0.3 is 20.3 Å². The SMILES string of the molecule is Cc1ccc2cc(C(=O)c3cc(N4CCCCC4)ccc3NC(=O)c3cccc(CSCCC(=O)O)c3)[nH]c2c1. The lowest BCUT2D eigenvalue weighted by Gasteiger charge is -2.29. The van der Waals surface area contributed by atoms with Crippen molar-refractivity contribution >= 4 is 51.7 Å². The summed E-state index contributed by atoms with van der Waals surface area (Å²) in [5.74, 6) is -0.174. The van der Waals surface area contributed by atoms with Gasteiger partial charge in [-0.15, -0.1) is 0 Å². The van der Waals surface area contributed by atoms with E-state index in [9.17, 15) is 14.4 Å². The molecule has 1 fully saturated rings. The molecule has 0 bridgehead atoms. The highest BCUT2D eigenvalue weighted by molar-refractivity contribution is 7.98. The zero-order chi connectivity index (χ0) is 28.1. The average molecular weight is 556 g/mol. The number of nitrogens with one attached hydrogen (secondary N) is 2. The molecule has 0 aliphatic carbocycles. The lowest BCUT2D eigenvalue weighted by Crippen LogP contribution is -2.29. The average Bonchev–Trinajstić information content (AvgIpc) is 3.39. The first-order valence-corrected chi connectivity index (χ1v) is 14.8. The number of benzene rings is 3. The third kappa shape index (κ3) is 6.57. The highest BCUT2D eigenvalue weighted by Crippen LogP contribution is 2.29. The molecule has 5 rings (SSSR count). The van der Waals surface area contributed by atoms with Gasteiger partial charge in [0.05, 0.1) is 17.8 Å². The molecule has 0 radical (unpaired) electrons. The van der Waals surface area contributed by atoms with E-state index < -0.39 is 5.97 Å². The van der Waals surface area contributed by atoms with Crippen LogP contribution in [0.25, 0.3) is 10.9 Å². The molecule has 8 heteroatoms. The van der Waals surface area contributed by atoms with E-state index in [1.54, 1.807) is 6.07 Å². The second-order valence-corrected chi connectivity index (χ2v) is 11.3. The molecule has 206 valence electrons. The highest BCUT2D eigenvalue weighted by Gasteiger charge is 2.21. The van der Waals surface area contributed by atoms with E-state index in [1.807, 2.05) is 67.6 Å². The number of thioether (sulfide) groups is 1. The summed E-state index contributed by atoms with van der Waals surface area (Å²) in [7, 11) is 0. The van der Waals surface area contributed by atoms with Crippen LogP contribution in [0.4, 0.5) is 11.4 Å². The fourth-order valence-electron chi connectivity index (χ4n) is 5.03. The molecule has 0 saturated carbocycles. The van der Waals surface area contributed by atoms with Crippen LogP contribution in [-0.2, 0) is 10.5 Å². The molecule has 1 saturated heterocycles. The minimum absolute atomic E-state index is 0.102. The Morgan fingerprint density at radius 3 is 2.60 bits per heavy atom. The molecule has 0 spiro atoms. The number of fused-ring (bicyclic) bond motifs is 1. The molecule has 1 aliphatic heterocycles. The number of piperidine rings is 1. The van der Waals surface area contributed by atoms with Crippen LogP contribution in [0.2, 0.25) is 0 Å². The molecule has 3 N–H and O–H groups in total. The predicted octanol–water partition coefficient (Wildman–Crippen LogP) is 6.66. The van der Waals surface area contributed by atoms with Gasteiger partial charge in [-0.2, -0.15) is 11.8 Å². The van der Waals surface area contributed by atoms with Gasteiger partial charge in [-0.25, -0.2) is 0 Å². The maximum Gasteiger partial charge on any atom is 0.304 e. The Kier molecular flexibility index (Phi) is 8.55. The number of ketones is 1. The van der Waals surface area contributed by atoms with Gasteiger partial charge in [0.1, 0.15) is 0 Å². The Morgan fingerprint density at radius 1 is 0.975 bits per heavy atom. The Hall–Kier alpha value is -4.04. The van der Waals surface area contributed by atoms with Gasteiger partial charge in [0, 0.05) is 52.3 Å². The molecular weight excluding hydrogens is 522 g/mol. The van der Waals surface area contributed by atoms with Crippen molar-refractivity contribution in [1.29, 1.82) is 0 Å². The second kappa shape index (κ2) is 12.4. The van der Waals surface area contributed by atoms with Gasteiger partial charge in [-0.05, 0) is 79.8 Å². The number of amides is 1. The minimum Gasteiger partial charge on any atom is -0.481 e. The largest absolute Gasteiger partial charge is 0.481 e. The van der Waals surface area contributed by atoms with Gasteiger partial charge in [0.15, 0.2) is 0 Å². The summed E-state index contributed by atoms with van der Waals surface area (Å²) in [5.41, 5.74) is 5.80. The quantitative estimate of drug-likeness (QED) is 0.149. The normalized spacial score (nSPS) is 13.4. The number of aromatic amines is 1. The Labute approximate surface area is 238 Å². The molecule has 3 aromatic carbocycles. The highest BCUT2D eigenvalue weighted by atomic mass is 32.2. The number of aliphatic carboxylic acids is 1. The first-order valence-electron chi connectivity index (χ1n) is 13.6. The topological polar surface area (TPSA) is 102 Å². The maximum absolute atomic E-state index is 13.9. The van der Waals surface area contributed by atoms with Crippen LogP contribution in [0.15, 0.2) is 66.7 Å². The lowest BCUT2D eigenvalue weighted by molar-refractivity contribution is -0.136. The number of carbonyl (C=O) groups is 3.